The summed E-state index contributed by atoms with van der Waals surface area (Å²) in [7, 11) is 1.62. The molecule has 1 aliphatic heterocycles. The molecule has 36 heavy (non-hydrogen) atoms. The van der Waals surface area contributed by atoms with E-state index in [1.807, 2.05) is 84.9 Å². The normalized spacial score (nSPS) is 14.2. The van der Waals surface area contributed by atoms with Crippen molar-refractivity contribution < 1.29 is 19.0 Å². The van der Waals surface area contributed by atoms with Gasteiger partial charge in [-0.3, -0.25) is 9.69 Å². The smallest absolute Gasteiger partial charge is 0.266 e. The standard InChI is InChI=1S/C29H27NO4S2/c1-3-8-21-13-14-25(26(18-21)32-2)34-16-15-33-24-12-7-11-23(17-24)19-27-28(31)30(29(35)36-27)20-22-9-5-4-6-10-22/h3-7,9-14,17-19H,1,8,15-16,20H2,2H3/b27-19-. The molecule has 0 aliphatic carbocycles. The highest BCUT2D eigenvalue weighted by atomic mass is 32.2. The lowest BCUT2D eigenvalue weighted by Crippen LogP contribution is -2.27. The second-order valence-corrected chi connectivity index (χ2v) is 9.68. The average molecular weight is 518 g/mol. The lowest BCUT2D eigenvalue weighted by molar-refractivity contribution is -0.122. The second kappa shape index (κ2) is 12.4. The highest BCUT2D eigenvalue weighted by Gasteiger charge is 2.31. The third kappa shape index (κ3) is 6.56. The molecule has 0 aromatic heterocycles. The van der Waals surface area contributed by atoms with Crippen LogP contribution in [0.5, 0.6) is 17.2 Å². The van der Waals surface area contributed by atoms with E-state index in [2.05, 4.69) is 6.58 Å². The van der Waals surface area contributed by atoms with Gasteiger partial charge in [0.15, 0.2) is 11.5 Å². The fourth-order valence-electron chi connectivity index (χ4n) is 3.68. The molecule has 0 spiro atoms. The van der Waals surface area contributed by atoms with Crippen molar-refractivity contribution in [2.45, 2.75) is 13.0 Å². The van der Waals surface area contributed by atoms with Crippen LogP contribution in [0.25, 0.3) is 6.08 Å². The molecule has 1 aliphatic rings. The molecule has 0 N–H and O–H groups in total. The third-order valence-electron chi connectivity index (χ3n) is 5.43. The minimum absolute atomic E-state index is 0.0818. The summed E-state index contributed by atoms with van der Waals surface area (Å²) in [5.74, 6) is 1.96. The van der Waals surface area contributed by atoms with E-state index in [1.165, 1.54) is 11.8 Å². The van der Waals surface area contributed by atoms with Crippen LogP contribution in [0.4, 0.5) is 0 Å². The Morgan fingerprint density at radius 3 is 2.53 bits per heavy atom. The Bertz CT molecular complexity index is 1270. The van der Waals surface area contributed by atoms with Gasteiger partial charge in [-0.25, -0.2) is 0 Å². The highest BCUT2D eigenvalue weighted by molar-refractivity contribution is 8.26. The fourth-order valence-corrected chi connectivity index (χ4v) is 4.94. The van der Waals surface area contributed by atoms with Gasteiger partial charge in [-0.1, -0.05) is 78.6 Å². The lowest BCUT2D eigenvalue weighted by Gasteiger charge is -2.14. The molecule has 1 amide bonds. The second-order valence-electron chi connectivity index (χ2n) is 8.00. The molecule has 5 nitrogen and oxygen atoms in total. The molecular weight excluding hydrogens is 490 g/mol. The molecule has 0 unspecified atom stereocenters. The van der Waals surface area contributed by atoms with Crippen LogP contribution >= 0.6 is 24.0 Å². The Kier molecular flexibility index (Phi) is 8.81. The molecule has 7 heteroatoms. The van der Waals surface area contributed by atoms with E-state index in [4.69, 9.17) is 26.4 Å². The fraction of sp³-hybridized carbons (Fsp3) is 0.172. The van der Waals surface area contributed by atoms with Gasteiger partial charge < -0.3 is 14.2 Å². The molecule has 0 saturated carbocycles. The minimum atomic E-state index is -0.0818. The number of allylic oxidation sites excluding steroid dienone is 1. The Labute approximate surface area is 221 Å². The van der Waals surface area contributed by atoms with E-state index in [0.29, 0.717) is 46.2 Å². The van der Waals surface area contributed by atoms with Crippen molar-refractivity contribution in [3.8, 4) is 17.2 Å². The maximum atomic E-state index is 13.0. The molecule has 3 aromatic carbocycles. The number of amides is 1. The molecule has 1 saturated heterocycles. The molecular formula is C29H27NO4S2. The predicted molar refractivity (Wildman–Crippen MR) is 149 cm³/mol. The van der Waals surface area contributed by atoms with Gasteiger partial charge in [0.2, 0.25) is 0 Å². The minimum Gasteiger partial charge on any atom is -0.493 e. The van der Waals surface area contributed by atoms with Gasteiger partial charge in [0.05, 0.1) is 18.6 Å². The molecule has 3 aromatic rings. The van der Waals surface area contributed by atoms with Crippen molar-refractivity contribution in [3.63, 3.8) is 0 Å². The van der Waals surface area contributed by atoms with E-state index in [1.54, 1.807) is 12.0 Å². The summed E-state index contributed by atoms with van der Waals surface area (Å²) in [4.78, 5) is 15.2. The highest BCUT2D eigenvalue weighted by Crippen LogP contribution is 2.34. The van der Waals surface area contributed by atoms with Crippen LogP contribution in [0, 0.1) is 0 Å². The largest absolute Gasteiger partial charge is 0.493 e. The molecule has 0 radical (unpaired) electrons. The quantitative estimate of drug-likeness (QED) is 0.129. The molecule has 4 rings (SSSR count). The summed E-state index contributed by atoms with van der Waals surface area (Å²) in [5.41, 5.74) is 3.02. The Morgan fingerprint density at radius 1 is 0.944 bits per heavy atom. The van der Waals surface area contributed by atoms with Gasteiger partial charge in [0.25, 0.3) is 5.91 Å². The number of thiocarbonyl (C=S) groups is 1. The number of carbonyl (C=O) groups is 1. The lowest BCUT2D eigenvalue weighted by atomic mass is 10.1. The van der Waals surface area contributed by atoms with Crippen LogP contribution in [-0.4, -0.2) is 35.5 Å². The monoisotopic (exact) mass is 517 g/mol. The van der Waals surface area contributed by atoms with Gasteiger partial charge in [-0.05, 0) is 53.5 Å². The maximum Gasteiger partial charge on any atom is 0.266 e. The number of nitrogens with zero attached hydrogens (tertiary/aromatic N) is 1. The van der Waals surface area contributed by atoms with Crippen molar-refractivity contribution in [2.24, 2.45) is 0 Å². The predicted octanol–water partition coefficient (Wildman–Crippen LogP) is 6.28. The first-order chi connectivity index (χ1) is 17.6. The number of methoxy groups -OCH3 is 1. The van der Waals surface area contributed by atoms with E-state index in [-0.39, 0.29) is 5.91 Å². The number of thioether (sulfide) groups is 1. The first kappa shape index (κ1) is 25.5. The van der Waals surface area contributed by atoms with Crippen LogP contribution in [0.2, 0.25) is 0 Å². The number of benzene rings is 3. The SMILES string of the molecule is C=CCc1ccc(OCCOc2cccc(/C=C3\SC(=S)N(Cc4ccccc4)C3=O)c2)c(OC)c1. The van der Waals surface area contributed by atoms with Gasteiger partial charge in [0.1, 0.15) is 23.3 Å². The Hall–Kier alpha value is -3.55. The van der Waals surface area contributed by atoms with Crippen molar-refractivity contribution in [3.05, 3.63) is 107 Å². The van der Waals surface area contributed by atoms with Gasteiger partial charge in [0, 0.05) is 0 Å². The van der Waals surface area contributed by atoms with Gasteiger partial charge >= 0.3 is 0 Å². The van der Waals surface area contributed by atoms with E-state index < -0.39 is 0 Å². The molecule has 0 atom stereocenters. The zero-order valence-electron chi connectivity index (χ0n) is 20.0. The third-order valence-corrected chi connectivity index (χ3v) is 6.81. The number of carbonyl (C=O) groups excluding carboxylic acids is 1. The zero-order chi connectivity index (χ0) is 25.3. The molecule has 1 heterocycles. The van der Waals surface area contributed by atoms with Crippen LogP contribution < -0.4 is 14.2 Å². The van der Waals surface area contributed by atoms with Crippen LogP contribution in [0.1, 0.15) is 16.7 Å². The maximum absolute atomic E-state index is 13.0. The number of hydrogen-bond donors (Lipinski definition) is 0. The zero-order valence-corrected chi connectivity index (χ0v) is 21.6. The summed E-state index contributed by atoms with van der Waals surface area (Å²) in [6, 6.07) is 23.3. The summed E-state index contributed by atoms with van der Waals surface area (Å²) in [5, 5.41) is 0. The first-order valence-electron chi connectivity index (χ1n) is 11.5. The van der Waals surface area contributed by atoms with E-state index >= 15 is 0 Å². The first-order valence-corrected chi connectivity index (χ1v) is 12.7. The van der Waals surface area contributed by atoms with Gasteiger partial charge in [-0.2, -0.15) is 0 Å². The van der Waals surface area contributed by atoms with E-state index in [0.717, 1.165) is 23.1 Å². The van der Waals surface area contributed by atoms with Gasteiger partial charge in [-0.15, -0.1) is 6.58 Å². The molecule has 0 bridgehead atoms. The van der Waals surface area contributed by atoms with Crippen LogP contribution in [0.15, 0.2) is 90.4 Å². The van der Waals surface area contributed by atoms with Crippen LogP contribution in [-0.2, 0) is 17.8 Å². The molecule has 1 fully saturated rings. The van der Waals surface area contributed by atoms with Crippen molar-refractivity contribution >= 4 is 40.3 Å². The molecule has 184 valence electrons. The Balaban J connectivity index is 1.34. The van der Waals surface area contributed by atoms with E-state index in [9.17, 15) is 4.79 Å². The summed E-state index contributed by atoms with van der Waals surface area (Å²) in [6.07, 6.45) is 4.47. The van der Waals surface area contributed by atoms with Crippen molar-refractivity contribution in [1.82, 2.24) is 4.90 Å². The Morgan fingerprint density at radius 2 is 1.75 bits per heavy atom. The van der Waals surface area contributed by atoms with Crippen molar-refractivity contribution in [2.75, 3.05) is 20.3 Å². The average Bonchev–Trinajstić information content (AvgIpc) is 3.15. The van der Waals surface area contributed by atoms with Crippen LogP contribution in [0.3, 0.4) is 0 Å². The summed E-state index contributed by atoms with van der Waals surface area (Å²) in [6.45, 7) is 4.95. The number of hydrogen-bond acceptors (Lipinski definition) is 6. The topological polar surface area (TPSA) is 48.0 Å². The number of ether oxygens (including phenoxy) is 3. The number of rotatable bonds is 11. The summed E-state index contributed by atoms with van der Waals surface area (Å²) >= 11 is 6.78. The summed E-state index contributed by atoms with van der Waals surface area (Å²) < 4.78 is 17.7. The van der Waals surface area contributed by atoms with Crippen molar-refractivity contribution in [1.29, 1.82) is 0 Å².